The fraction of sp³-hybridized carbons (Fsp3) is 0.529. The van der Waals surface area contributed by atoms with E-state index in [9.17, 15) is 4.79 Å². The van der Waals surface area contributed by atoms with E-state index in [1.54, 1.807) is 0 Å². The third-order valence-corrected chi connectivity index (χ3v) is 4.90. The molecular formula is C17H22N4O. The second kappa shape index (κ2) is 5.09. The quantitative estimate of drug-likeness (QED) is 0.849. The van der Waals surface area contributed by atoms with Crippen LogP contribution in [0.3, 0.4) is 0 Å². The topological polar surface area (TPSA) is 41.4 Å². The standard InChI is InChI=1S/C17H22N4O/c1-19-7-9-21(10-8-19)17(22)13-5-6-15-14(11-13)18-16(20(15)2)12-3-4-12/h5-6,11-12H,3-4,7-10H2,1-2H3. The summed E-state index contributed by atoms with van der Waals surface area (Å²) < 4.78 is 2.18. The molecule has 0 radical (unpaired) electrons. The first-order valence-electron chi connectivity index (χ1n) is 8.07. The molecule has 0 bridgehead atoms. The maximum atomic E-state index is 12.7. The highest BCUT2D eigenvalue weighted by Crippen LogP contribution is 2.40. The summed E-state index contributed by atoms with van der Waals surface area (Å²) in [5.41, 5.74) is 2.83. The number of nitrogens with zero attached hydrogens (tertiary/aromatic N) is 4. The molecule has 1 aromatic heterocycles. The second-order valence-corrected chi connectivity index (χ2v) is 6.60. The van der Waals surface area contributed by atoms with Gasteiger partial charge in [0.25, 0.3) is 5.91 Å². The van der Waals surface area contributed by atoms with Gasteiger partial charge in [0.05, 0.1) is 11.0 Å². The van der Waals surface area contributed by atoms with Gasteiger partial charge in [0.1, 0.15) is 5.82 Å². The number of carbonyl (C=O) groups is 1. The van der Waals surface area contributed by atoms with Crippen molar-refractivity contribution in [2.75, 3.05) is 33.2 Å². The van der Waals surface area contributed by atoms with Gasteiger partial charge in [-0.15, -0.1) is 0 Å². The van der Waals surface area contributed by atoms with Crippen molar-refractivity contribution < 1.29 is 4.79 Å². The smallest absolute Gasteiger partial charge is 0.254 e. The summed E-state index contributed by atoms with van der Waals surface area (Å²) in [4.78, 5) is 21.6. The highest BCUT2D eigenvalue weighted by atomic mass is 16.2. The minimum absolute atomic E-state index is 0.133. The molecule has 2 fully saturated rings. The number of fused-ring (bicyclic) bond motifs is 1. The molecule has 116 valence electrons. The third kappa shape index (κ3) is 2.29. The van der Waals surface area contributed by atoms with E-state index < -0.39 is 0 Å². The van der Waals surface area contributed by atoms with Crippen LogP contribution in [0.1, 0.15) is 34.9 Å². The Morgan fingerprint density at radius 1 is 1.14 bits per heavy atom. The van der Waals surface area contributed by atoms with Crippen LogP contribution in [0.2, 0.25) is 0 Å². The summed E-state index contributed by atoms with van der Waals surface area (Å²) in [5.74, 6) is 1.92. The molecule has 5 heteroatoms. The molecule has 0 N–H and O–H groups in total. The van der Waals surface area contributed by atoms with Crippen molar-refractivity contribution in [3.63, 3.8) is 0 Å². The Bertz CT molecular complexity index is 724. The molecule has 1 aliphatic carbocycles. The fourth-order valence-electron chi connectivity index (χ4n) is 3.25. The van der Waals surface area contributed by atoms with Gasteiger partial charge in [-0.2, -0.15) is 0 Å². The summed E-state index contributed by atoms with van der Waals surface area (Å²) >= 11 is 0. The molecule has 4 rings (SSSR count). The van der Waals surface area contributed by atoms with Gasteiger partial charge in [-0.3, -0.25) is 4.79 Å². The van der Waals surface area contributed by atoms with E-state index >= 15 is 0 Å². The van der Waals surface area contributed by atoms with E-state index in [4.69, 9.17) is 4.98 Å². The third-order valence-electron chi connectivity index (χ3n) is 4.90. The number of imidazole rings is 1. The molecule has 5 nitrogen and oxygen atoms in total. The predicted molar refractivity (Wildman–Crippen MR) is 86.1 cm³/mol. The lowest BCUT2D eigenvalue weighted by Crippen LogP contribution is -2.47. The lowest BCUT2D eigenvalue weighted by atomic mass is 10.1. The second-order valence-electron chi connectivity index (χ2n) is 6.60. The zero-order valence-electron chi connectivity index (χ0n) is 13.2. The number of carbonyl (C=O) groups excluding carboxylic acids is 1. The Balaban J connectivity index is 1.63. The number of benzene rings is 1. The first-order valence-corrected chi connectivity index (χ1v) is 8.07. The van der Waals surface area contributed by atoms with Crippen LogP contribution in [-0.2, 0) is 7.05 Å². The molecule has 2 aromatic rings. The molecule has 1 aliphatic heterocycles. The first-order chi connectivity index (χ1) is 10.6. The van der Waals surface area contributed by atoms with Crippen LogP contribution < -0.4 is 0 Å². The summed E-state index contributed by atoms with van der Waals surface area (Å²) in [6.07, 6.45) is 2.48. The van der Waals surface area contributed by atoms with Crippen molar-refractivity contribution in [1.29, 1.82) is 0 Å². The SMILES string of the molecule is CN1CCN(C(=O)c2ccc3c(c2)nc(C2CC2)n3C)CC1. The highest BCUT2D eigenvalue weighted by Gasteiger charge is 2.29. The van der Waals surface area contributed by atoms with Gasteiger partial charge >= 0.3 is 0 Å². The van der Waals surface area contributed by atoms with Crippen LogP contribution in [0.25, 0.3) is 11.0 Å². The van der Waals surface area contributed by atoms with E-state index in [-0.39, 0.29) is 5.91 Å². The highest BCUT2D eigenvalue weighted by molar-refractivity contribution is 5.97. The van der Waals surface area contributed by atoms with E-state index in [0.29, 0.717) is 5.92 Å². The van der Waals surface area contributed by atoms with Crippen molar-refractivity contribution in [2.24, 2.45) is 7.05 Å². The average Bonchev–Trinajstić information content (AvgIpc) is 3.32. The first kappa shape index (κ1) is 13.8. The number of amides is 1. The number of hydrogen-bond acceptors (Lipinski definition) is 3. The normalized spacial score (nSPS) is 19.8. The van der Waals surface area contributed by atoms with Crippen LogP contribution in [0.5, 0.6) is 0 Å². The molecule has 1 aromatic carbocycles. The summed E-state index contributed by atoms with van der Waals surface area (Å²) in [6, 6.07) is 5.95. The lowest BCUT2D eigenvalue weighted by molar-refractivity contribution is 0.0664. The number of aryl methyl sites for hydroxylation is 1. The van der Waals surface area contributed by atoms with Crippen LogP contribution in [0.15, 0.2) is 18.2 Å². The number of aromatic nitrogens is 2. The average molecular weight is 298 g/mol. The van der Waals surface area contributed by atoms with Gasteiger partial charge in [0.15, 0.2) is 0 Å². The maximum Gasteiger partial charge on any atom is 0.254 e. The molecule has 2 heterocycles. The molecule has 0 unspecified atom stereocenters. The van der Waals surface area contributed by atoms with E-state index in [1.807, 2.05) is 23.1 Å². The molecule has 1 saturated heterocycles. The van der Waals surface area contributed by atoms with Crippen molar-refractivity contribution in [3.8, 4) is 0 Å². The molecular weight excluding hydrogens is 276 g/mol. The number of hydrogen-bond donors (Lipinski definition) is 0. The molecule has 0 spiro atoms. The summed E-state index contributed by atoms with van der Waals surface area (Å²) in [6.45, 7) is 3.51. The van der Waals surface area contributed by atoms with Gasteiger partial charge in [0, 0.05) is 44.7 Å². The Morgan fingerprint density at radius 2 is 1.86 bits per heavy atom. The molecule has 2 aliphatic rings. The Kier molecular flexibility index (Phi) is 3.18. The molecule has 1 amide bonds. The zero-order valence-corrected chi connectivity index (χ0v) is 13.2. The number of rotatable bonds is 2. The largest absolute Gasteiger partial charge is 0.336 e. The maximum absolute atomic E-state index is 12.7. The van der Waals surface area contributed by atoms with Crippen molar-refractivity contribution in [3.05, 3.63) is 29.6 Å². The van der Waals surface area contributed by atoms with E-state index in [2.05, 4.69) is 23.6 Å². The Labute approximate surface area is 130 Å². The molecule has 1 saturated carbocycles. The van der Waals surface area contributed by atoms with Crippen LogP contribution >= 0.6 is 0 Å². The van der Waals surface area contributed by atoms with Gasteiger partial charge < -0.3 is 14.4 Å². The van der Waals surface area contributed by atoms with Crippen LogP contribution in [0.4, 0.5) is 0 Å². The van der Waals surface area contributed by atoms with Gasteiger partial charge in [0.2, 0.25) is 0 Å². The van der Waals surface area contributed by atoms with Gasteiger partial charge in [-0.25, -0.2) is 4.98 Å². The Hall–Kier alpha value is -1.88. The predicted octanol–water partition coefficient (Wildman–Crippen LogP) is 1.84. The van der Waals surface area contributed by atoms with Crippen molar-refractivity contribution >= 4 is 16.9 Å². The van der Waals surface area contributed by atoms with Crippen molar-refractivity contribution in [2.45, 2.75) is 18.8 Å². The van der Waals surface area contributed by atoms with E-state index in [0.717, 1.165) is 42.8 Å². The van der Waals surface area contributed by atoms with Crippen LogP contribution in [0, 0.1) is 0 Å². The zero-order chi connectivity index (χ0) is 15.3. The number of likely N-dealkylation sites (N-methyl/N-ethyl adjacent to an activating group) is 1. The minimum Gasteiger partial charge on any atom is -0.336 e. The van der Waals surface area contributed by atoms with Crippen LogP contribution in [-0.4, -0.2) is 58.5 Å². The summed E-state index contributed by atoms with van der Waals surface area (Å²) in [7, 11) is 4.17. The Morgan fingerprint density at radius 3 is 2.55 bits per heavy atom. The molecule has 0 atom stereocenters. The number of piperazine rings is 1. The molecule has 22 heavy (non-hydrogen) atoms. The van der Waals surface area contributed by atoms with Gasteiger partial charge in [-0.1, -0.05) is 0 Å². The fourth-order valence-corrected chi connectivity index (χ4v) is 3.25. The van der Waals surface area contributed by atoms with Gasteiger partial charge in [-0.05, 0) is 38.1 Å². The van der Waals surface area contributed by atoms with E-state index in [1.165, 1.54) is 18.7 Å². The lowest BCUT2D eigenvalue weighted by Gasteiger charge is -2.32. The minimum atomic E-state index is 0.133. The monoisotopic (exact) mass is 298 g/mol. The van der Waals surface area contributed by atoms with Crippen molar-refractivity contribution in [1.82, 2.24) is 19.4 Å². The summed E-state index contributed by atoms with van der Waals surface area (Å²) in [5, 5.41) is 0.